The van der Waals surface area contributed by atoms with Crippen molar-refractivity contribution in [2.75, 3.05) is 38.3 Å². The number of likely N-dealkylation sites (tertiary alicyclic amines) is 1. The summed E-state index contributed by atoms with van der Waals surface area (Å²) in [5.74, 6) is 2.27. The van der Waals surface area contributed by atoms with Crippen molar-refractivity contribution in [3.05, 3.63) is 52.9 Å². The Hall–Kier alpha value is -2.28. The second-order valence-corrected chi connectivity index (χ2v) is 9.45. The molecule has 1 amide bonds. The molecule has 0 unspecified atom stereocenters. The van der Waals surface area contributed by atoms with Crippen molar-refractivity contribution >= 4 is 35.3 Å². The van der Waals surface area contributed by atoms with E-state index in [-0.39, 0.29) is 18.3 Å². The van der Waals surface area contributed by atoms with Gasteiger partial charge in [-0.3, -0.25) is 9.69 Å². The zero-order chi connectivity index (χ0) is 21.4. The van der Waals surface area contributed by atoms with Gasteiger partial charge in [-0.1, -0.05) is 19.1 Å². The fourth-order valence-electron chi connectivity index (χ4n) is 4.57. The van der Waals surface area contributed by atoms with Gasteiger partial charge in [0.05, 0.1) is 13.7 Å². The standard InChI is InChI=1S/C25H28N2O3S.ClH/c1-17-7-9-26(10-8-17)11-12-30-23-15-19(5-6-22(23)29-2)27-16-21-20(25(27)28)14-18-4-3-13-31-24(18)21;/h3-6,13-15,17H,7-12,16H2,1-2H3;1H. The molecule has 0 saturated carbocycles. The lowest BCUT2D eigenvalue weighted by Crippen LogP contribution is -2.35. The molecule has 3 heterocycles. The maximum Gasteiger partial charge on any atom is 0.259 e. The average Bonchev–Trinajstić information content (AvgIpc) is 3.32. The SMILES string of the molecule is COc1ccc(N2Cc3c(cc4cccsc3-4)C2=O)cc1OCCN1CCC(C)CC1.Cl. The summed E-state index contributed by atoms with van der Waals surface area (Å²) in [6.45, 7) is 6.72. The number of benzene rings is 1. The van der Waals surface area contributed by atoms with Crippen LogP contribution in [-0.2, 0) is 6.54 Å². The van der Waals surface area contributed by atoms with E-state index in [4.69, 9.17) is 9.47 Å². The van der Waals surface area contributed by atoms with Crippen LogP contribution in [0.4, 0.5) is 5.69 Å². The Morgan fingerprint density at radius 2 is 1.94 bits per heavy atom. The van der Waals surface area contributed by atoms with Gasteiger partial charge in [0.2, 0.25) is 0 Å². The third-order valence-corrected chi connectivity index (χ3v) is 7.50. The fraction of sp³-hybridized carbons (Fsp3) is 0.400. The minimum absolute atomic E-state index is 0. The molecule has 1 aromatic carbocycles. The molecule has 7 heteroatoms. The Labute approximate surface area is 199 Å². The smallest absolute Gasteiger partial charge is 0.259 e. The largest absolute Gasteiger partial charge is 0.493 e. The van der Waals surface area contributed by atoms with Crippen molar-refractivity contribution in [3.8, 4) is 21.9 Å². The highest BCUT2D eigenvalue weighted by atomic mass is 35.5. The molecule has 1 saturated heterocycles. The molecule has 1 aliphatic carbocycles. The number of hydrogen-bond acceptors (Lipinski definition) is 5. The van der Waals surface area contributed by atoms with E-state index in [9.17, 15) is 4.79 Å². The topological polar surface area (TPSA) is 42.0 Å². The highest BCUT2D eigenvalue weighted by Crippen LogP contribution is 2.42. The van der Waals surface area contributed by atoms with Crippen LogP contribution >= 0.6 is 23.7 Å². The highest BCUT2D eigenvalue weighted by molar-refractivity contribution is 7.13. The van der Waals surface area contributed by atoms with Gasteiger partial charge in [-0.2, -0.15) is 0 Å². The Morgan fingerprint density at radius 1 is 1.12 bits per heavy atom. The molecule has 5 rings (SSSR count). The lowest BCUT2D eigenvalue weighted by atomic mass is 9.99. The summed E-state index contributed by atoms with van der Waals surface area (Å²) in [5.41, 5.74) is 3.94. The van der Waals surface area contributed by atoms with Crippen LogP contribution in [0.3, 0.4) is 0 Å². The zero-order valence-electron chi connectivity index (χ0n) is 18.5. The first-order chi connectivity index (χ1) is 15.1. The van der Waals surface area contributed by atoms with Crippen LogP contribution in [-0.4, -0.2) is 44.2 Å². The zero-order valence-corrected chi connectivity index (χ0v) is 20.1. The maximum absolute atomic E-state index is 13.1. The summed E-state index contributed by atoms with van der Waals surface area (Å²) in [5, 5.41) is 2.07. The number of anilines is 1. The Morgan fingerprint density at radius 3 is 2.72 bits per heavy atom. The van der Waals surface area contributed by atoms with Crippen LogP contribution in [0, 0.1) is 5.92 Å². The molecule has 0 bridgehead atoms. The number of fused-ring (bicyclic) bond motifs is 3. The van der Waals surface area contributed by atoms with Crippen molar-refractivity contribution in [1.29, 1.82) is 0 Å². The van der Waals surface area contributed by atoms with Gasteiger partial charge in [0, 0.05) is 34.3 Å². The molecule has 5 nitrogen and oxygen atoms in total. The summed E-state index contributed by atoms with van der Waals surface area (Å²) >= 11 is 1.69. The summed E-state index contributed by atoms with van der Waals surface area (Å²) in [7, 11) is 1.65. The monoisotopic (exact) mass is 472 g/mol. The van der Waals surface area contributed by atoms with E-state index in [1.165, 1.54) is 17.7 Å². The molecule has 0 atom stereocenters. The first-order valence-corrected chi connectivity index (χ1v) is 11.9. The van der Waals surface area contributed by atoms with Gasteiger partial charge in [0.25, 0.3) is 5.91 Å². The number of methoxy groups -OCH3 is 1. The molecular formula is C25H29ClN2O3S. The number of ether oxygens (including phenoxy) is 2. The molecule has 3 aliphatic heterocycles. The Bertz CT molecular complexity index is 1060. The van der Waals surface area contributed by atoms with Gasteiger partial charge in [0.15, 0.2) is 11.5 Å². The Balaban J connectivity index is 0.00000245. The second kappa shape index (κ2) is 9.69. The van der Waals surface area contributed by atoms with Gasteiger partial charge in [0.1, 0.15) is 6.61 Å². The van der Waals surface area contributed by atoms with E-state index in [1.54, 1.807) is 18.4 Å². The molecule has 0 aromatic heterocycles. The first kappa shape index (κ1) is 22.9. The molecule has 170 valence electrons. The lowest BCUT2D eigenvalue weighted by molar-refractivity contribution is 0.0996. The highest BCUT2D eigenvalue weighted by Gasteiger charge is 2.34. The van der Waals surface area contributed by atoms with Crippen LogP contribution < -0.4 is 14.4 Å². The van der Waals surface area contributed by atoms with Crippen molar-refractivity contribution in [2.24, 2.45) is 5.92 Å². The minimum Gasteiger partial charge on any atom is -0.493 e. The molecule has 32 heavy (non-hydrogen) atoms. The molecule has 0 spiro atoms. The number of nitrogens with zero attached hydrogens (tertiary/aromatic N) is 2. The van der Waals surface area contributed by atoms with Crippen LogP contribution in [0.1, 0.15) is 35.7 Å². The average molecular weight is 473 g/mol. The number of piperidine rings is 1. The molecular weight excluding hydrogens is 444 g/mol. The van der Waals surface area contributed by atoms with Crippen LogP contribution in [0.2, 0.25) is 0 Å². The van der Waals surface area contributed by atoms with Crippen LogP contribution in [0.5, 0.6) is 11.5 Å². The Kier molecular flexibility index (Phi) is 6.93. The van der Waals surface area contributed by atoms with Gasteiger partial charge in [-0.05, 0) is 61.0 Å². The summed E-state index contributed by atoms with van der Waals surface area (Å²) in [6, 6.07) is 11.9. The van der Waals surface area contributed by atoms with Crippen molar-refractivity contribution in [3.63, 3.8) is 0 Å². The van der Waals surface area contributed by atoms with E-state index in [0.717, 1.165) is 47.9 Å². The maximum atomic E-state index is 13.1. The molecule has 0 radical (unpaired) electrons. The van der Waals surface area contributed by atoms with E-state index in [2.05, 4.69) is 23.3 Å². The lowest BCUT2D eigenvalue weighted by Gasteiger charge is -2.30. The predicted molar refractivity (Wildman–Crippen MR) is 132 cm³/mol. The number of carbonyl (C=O) groups excluding carboxylic acids is 1. The molecule has 1 fully saturated rings. The van der Waals surface area contributed by atoms with Crippen molar-refractivity contribution in [1.82, 2.24) is 4.90 Å². The van der Waals surface area contributed by atoms with E-state index < -0.39 is 0 Å². The van der Waals surface area contributed by atoms with Crippen molar-refractivity contribution in [2.45, 2.75) is 26.3 Å². The second-order valence-electron chi connectivity index (χ2n) is 8.53. The minimum atomic E-state index is 0. The summed E-state index contributed by atoms with van der Waals surface area (Å²) in [4.78, 5) is 18.6. The molecule has 4 aliphatic rings. The van der Waals surface area contributed by atoms with Crippen LogP contribution in [0.15, 0.2) is 41.8 Å². The number of amides is 1. The van der Waals surface area contributed by atoms with Gasteiger partial charge < -0.3 is 14.4 Å². The number of hydrogen-bond donors (Lipinski definition) is 0. The number of rotatable bonds is 6. The van der Waals surface area contributed by atoms with Gasteiger partial charge in [-0.15, -0.1) is 23.7 Å². The quantitative estimate of drug-likeness (QED) is 0.471. The third kappa shape index (κ3) is 4.32. The fourth-order valence-corrected chi connectivity index (χ4v) is 5.44. The molecule has 1 aromatic rings. The molecule has 0 N–H and O–H groups in total. The number of carbonyl (C=O) groups is 1. The number of halogens is 1. The van der Waals surface area contributed by atoms with E-state index >= 15 is 0 Å². The summed E-state index contributed by atoms with van der Waals surface area (Å²) in [6.07, 6.45) is 2.52. The predicted octanol–water partition coefficient (Wildman–Crippen LogP) is 5.55. The van der Waals surface area contributed by atoms with Gasteiger partial charge >= 0.3 is 0 Å². The van der Waals surface area contributed by atoms with Gasteiger partial charge in [-0.25, -0.2) is 0 Å². The third-order valence-electron chi connectivity index (χ3n) is 6.49. The summed E-state index contributed by atoms with van der Waals surface area (Å²) < 4.78 is 11.6. The normalized spacial score (nSPS) is 16.8. The van der Waals surface area contributed by atoms with Crippen LogP contribution in [0.25, 0.3) is 10.4 Å². The van der Waals surface area contributed by atoms with E-state index in [0.29, 0.717) is 24.7 Å². The first-order valence-electron chi connectivity index (χ1n) is 11.0. The van der Waals surface area contributed by atoms with Crippen molar-refractivity contribution < 1.29 is 14.3 Å². The van der Waals surface area contributed by atoms with E-state index in [1.807, 2.05) is 35.2 Å².